The van der Waals surface area contributed by atoms with E-state index >= 15 is 0 Å². The van der Waals surface area contributed by atoms with E-state index < -0.39 is 39.9 Å². The molecule has 0 atom stereocenters. The van der Waals surface area contributed by atoms with E-state index in [1.807, 2.05) is 0 Å². The number of halogens is 3. The second-order valence-corrected chi connectivity index (χ2v) is 3.25. The number of hydrogen-bond acceptors (Lipinski definition) is 6. The number of alkyl halides is 3. The number of H-pyrrole nitrogens is 1. The van der Waals surface area contributed by atoms with E-state index in [0.717, 1.165) is 0 Å². The van der Waals surface area contributed by atoms with Gasteiger partial charge in [0.15, 0.2) is 0 Å². The van der Waals surface area contributed by atoms with E-state index in [-0.39, 0.29) is 12.7 Å². The lowest BCUT2D eigenvalue weighted by Gasteiger charge is -2.10. The number of nitrogens with one attached hydrogen (secondary N) is 1. The molecule has 1 rings (SSSR count). The lowest BCUT2D eigenvalue weighted by molar-refractivity contribution is -0.389. The fourth-order valence-electron chi connectivity index (χ4n) is 1.26. The first-order chi connectivity index (χ1) is 9.15. The molecule has 0 aliphatic carbocycles. The van der Waals surface area contributed by atoms with Crippen molar-refractivity contribution < 1.29 is 32.4 Å². The zero-order valence-corrected chi connectivity index (χ0v) is 9.82. The van der Waals surface area contributed by atoms with Gasteiger partial charge in [0, 0.05) is 0 Å². The van der Waals surface area contributed by atoms with Crippen LogP contribution >= 0.6 is 0 Å². The molecule has 0 spiro atoms. The molecule has 1 aromatic heterocycles. The van der Waals surface area contributed by atoms with Gasteiger partial charge in [-0.05, 0) is 6.92 Å². The van der Waals surface area contributed by atoms with Crippen molar-refractivity contribution in [3.05, 3.63) is 32.2 Å². The average molecular weight is 296 g/mol. The summed E-state index contributed by atoms with van der Waals surface area (Å²) in [7, 11) is 0. The molecule has 1 aromatic rings. The predicted molar refractivity (Wildman–Crippen MR) is 56.4 cm³/mol. The van der Waals surface area contributed by atoms with Crippen LogP contribution in [0.5, 0.6) is 5.75 Å². The molecule has 0 radical (unpaired) electrons. The number of aromatic amines is 1. The van der Waals surface area contributed by atoms with Gasteiger partial charge in [0.2, 0.25) is 11.4 Å². The molecular weight excluding hydrogens is 289 g/mol. The summed E-state index contributed by atoms with van der Waals surface area (Å²) in [4.78, 5) is 33.8. The van der Waals surface area contributed by atoms with Crippen LogP contribution in [-0.4, -0.2) is 28.8 Å². The third kappa shape index (κ3) is 3.70. The summed E-state index contributed by atoms with van der Waals surface area (Å²) in [6, 6.07) is 0.217. The smallest absolute Gasteiger partial charge is 0.461 e. The molecule has 0 bridgehead atoms. The first-order valence-corrected chi connectivity index (χ1v) is 5.00. The molecule has 0 fully saturated rings. The third-order valence-corrected chi connectivity index (χ3v) is 1.87. The average Bonchev–Trinajstić information content (AvgIpc) is 2.25. The summed E-state index contributed by atoms with van der Waals surface area (Å²) in [5, 5.41) is 10.8. The van der Waals surface area contributed by atoms with Crippen LogP contribution in [0.15, 0.2) is 10.9 Å². The van der Waals surface area contributed by atoms with Gasteiger partial charge in [-0.1, -0.05) is 0 Å². The van der Waals surface area contributed by atoms with Gasteiger partial charge in [0.1, 0.15) is 0 Å². The number of rotatable bonds is 4. The minimum absolute atomic E-state index is 0.192. The second-order valence-electron chi connectivity index (χ2n) is 3.25. The first-order valence-electron chi connectivity index (χ1n) is 5.00. The maximum absolute atomic E-state index is 12.1. The Bertz CT molecular complexity index is 594. The summed E-state index contributed by atoms with van der Waals surface area (Å²) in [6.07, 6.45) is -5.26. The fraction of sp³-hybridized carbons (Fsp3) is 0.333. The predicted octanol–water partition coefficient (Wildman–Crippen LogP) is 1.36. The number of carbonyl (C=O) groups is 1. The minimum atomic E-state index is -5.26. The summed E-state index contributed by atoms with van der Waals surface area (Å²) in [6.45, 7) is 1.18. The Balaban J connectivity index is 3.48. The van der Waals surface area contributed by atoms with Crippen molar-refractivity contribution in [3.63, 3.8) is 0 Å². The van der Waals surface area contributed by atoms with E-state index in [2.05, 4.69) is 9.47 Å². The second kappa shape index (κ2) is 5.59. The quantitative estimate of drug-likeness (QED) is 0.510. The number of hydrogen-bond donors (Lipinski definition) is 1. The van der Waals surface area contributed by atoms with Gasteiger partial charge in [-0.3, -0.25) is 14.9 Å². The highest BCUT2D eigenvalue weighted by Gasteiger charge is 2.37. The maximum atomic E-state index is 12.1. The largest absolute Gasteiger partial charge is 0.573 e. The molecule has 1 N–H and O–H groups in total. The van der Waals surface area contributed by atoms with Crippen molar-refractivity contribution in [1.29, 1.82) is 0 Å². The van der Waals surface area contributed by atoms with Gasteiger partial charge >= 0.3 is 18.0 Å². The number of carbonyl (C=O) groups excluding carboxylic acids is 1. The summed E-state index contributed by atoms with van der Waals surface area (Å²) < 4.78 is 44.2. The molecule has 1 heterocycles. The molecular formula is C9H7F3N2O6. The SMILES string of the molecule is CCOC(=O)c1[nH]c(=O)cc(OC(F)(F)F)c1[N+](=O)[O-]. The topological polar surface area (TPSA) is 112 Å². The molecule has 11 heteroatoms. The number of ether oxygens (including phenoxy) is 2. The maximum Gasteiger partial charge on any atom is 0.573 e. The van der Waals surface area contributed by atoms with Gasteiger partial charge in [-0.25, -0.2) is 4.79 Å². The molecule has 0 saturated carbocycles. The van der Waals surface area contributed by atoms with E-state index in [4.69, 9.17) is 0 Å². The molecule has 20 heavy (non-hydrogen) atoms. The van der Waals surface area contributed by atoms with Gasteiger partial charge in [0.25, 0.3) is 5.56 Å². The Kier molecular flexibility index (Phi) is 4.32. The lowest BCUT2D eigenvalue weighted by Crippen LogP contribution is -2.23. The van der Waals surface area contributed by atoms with Crippen molar-refractivity contribution in [1.82, 2.24) is 4.98 Å². The Morgan fingerprint density at radius 3 is 2.55 bits per heavy atom. The molecule has 0 saturated heterocycles. The highest BCUT2D eigenvalue weighted by Crippen LogP contribution is 2.32. The molecule has 0 amide bonds. The highest BCUT2D eigenvalue weighted by atomic mass is 19.4. The number of nitro groups is 1. The van der Waals surface area contributed by atoms with Crippen LogP contribution in [0.2, 0.25) is 0 Å². The number of aromatic nitrogens is 1. The lowest BCUT2D eigenvalue weighted by atomic mass is 10.2. The van der Waals surface area contributed by atoms with Crippen LogP contribution in [0.3, 0.4) is 0 Å². The number of pyridine rings is 1. The van der Waals surface area contributed by atoms with Crippen LogP contribution in [0, 0.1) is 10.1 Å². The standard InChI is InChI=1S/C9H7F3N2O6/c1-2-19-8(16)6-7(14(17)18)4(3-5(15)13-6)20-9(10,11)12/h3H,2H2,1H3,(H,13,15). The summed E-state index contributed by atoms with van der Waals surface area (Å²) >= 11 is 0. The summed E-state index contributed by atoms with van der Waals surface area (Å²) in [5.74, 6) is -2.74. The van der Waals surface area contributed by atoms with Crippen molar-refractivity contribution in [2.24, 2.45) is 0 Å². The Morgan fingerprint density at radius 2 is 2.10 bits per heavy atom. The van der Waals surface area contributed by atoms with Crippen molar-refractivity contribution >= 4 is 11.7 Å². The molecule has 0 aliphatic heterocycles. The van der Waals surface area contributed by atoms with E-state index in [9.17, 15) is 32.9 Å². The van der Waals surface area contributed by atoms with Crippen LogP contribution in [-0.2, 0) is 4.74 Å². The van der Waals surface area contributed by atoms with Gasteiger partial charge in [0.05, 0.1) is 17.6 Å². The summed E-state index contributed by atoms with van der Waals surface area (Å²) in [5.41, 5.74) is -3.54. The van der Waals surface area contributed by atoms with E-state index in [1.54, 1.807) is 4.98 Å². The van der Waals surface area contributed by atoms with Gasteiger partial charge in [-0.2, -0.15) is 0 Å². The fourth-order valence-corrected chi connectivity index (χ4v) is 1.26. The molecule has 0 aliphatic rings. The van der Waals surface area contributed by atoms with Crippen LogP contribution in [0.1, 0.15) is 17.4 Å². The molecule has 0 unspecified atom stereocenters. The van der Waals surface area contributed by atoms with Crippen molar-refractivity contribution in [2.45, 2.75) is 13.3 Å². The zero-order valence-electron chi connectivity index (χ0n) is 9.82. The Hall–Kier alpha value is -2.59. The molecule has 8 nitrogen and oxygen atoms in total. The van der Waals surface area contributed by atoms with Crippen LogP contribution in [0.25, 0.3) is 0 Å². The van der Waals surface area contributed by atoms with Gasteiger partial charge < -0.3 is 14.5 Å². The Morgan fingerprint density at radius 1 is 1.50 bits per heavy atom. The monoisotopic (exact) mass is 296 g/mol. The minimum Gasteiger partial charge on any atom is -0.461 e. The van der Waals surface area contributed by atoms with Crippen LogP contribution in [0.4, 0.5) is 18.9 Å². The van der Waals surface area contributed by atoms with E-state index in [1.165, 1.54) is 6.92 Å². The van der Waals surface area contributed by atoms with Crippen molar-refractivity contribution in [3.8, 4) is 5.75 Å². The van der Waals surface area contributed by atoms with E-state index in [0.29, 0.717) is 0 Å². The Labute approximate surface area is 108 Å². The number of esters is 1. The number of nitrogens with zero attached hydrogens (tertiary/aromatic N) is 1. The van der Waals surface area contributed by atoms with Crippen molar-refractivity contribution in [2.75, 3.05) is 6.61 Å². The molecule has 110 valence electrons. The normalized spacial score (nSPS) is 11.0. The molecule has 0 aromatic carbocycles. The first kappa shape index (κ1) is 15.5. The zero-order chi connectivity index (χ0) is 15.5. The van der Waals surface area contributed by atoms with Crippen LogP contribution < -0.4 is 10.3 Å². The third-order valence-electron chi connectivity index (χ3n) is 1.87. The highest BCUT2D eigenvalue weighted by molar-refractivity contribution is 5.92. The van der Waals surface area contributed by atoms with Gasteiger partial charge in [-0.15, -0.1) is 13.2 Å².